The summed E-state index contributed by atoms with van der Waals surface area (Å²) in [6.45, 7) is 7.75. The number of carboxylic acid groups (broad SMARTS) is 1. The Morgan fingerprint density at radius 1 is 1.40 bits per heavy atom. The van der Waals surface area contributed by atoms with Crippen molar-refractivity contribution in [3.63, 3.8) is 0 Å². The molecule has 0 aromatic rings. The van der Waals surface area contributed by atoms with Crippen molar-refractivity contribution in [1.82, 2.24) is 0 Å². The largest absolute Gasteiger partial charge is 0.478 e. The first kappa shape index (κ1) is 13.2. The van der Waals surface area contributed by atoms with Crippen LogP contribution in [0.15, 0.2) is 23.4 Å². The standard InChI is InChI=1S/C10H15NO4/c1-5(2)10(14)15-7(4)8(6(3)11)9(12)13/h7H,1,11H2,2-4H3,(H,12,13). The van der Waals surface area contributed by atoms with Crippen LogP contribution < -0.4 is 5.73 Å². The van der Waals surface area contributed by atoms with Gasteiger partial charge in [0.15, 0.2) is 0 Å². The third kappa shape index (κ3) is 3.84. The van der Waals surface area contributed by atoms with E-state index in [-0.39, 0.29) is 16.8 Å². The molecule has 5 nitrogen and oxygen atoms in total. The van der Waals surface area contributed by atoms with E-state index in [9.17, 15) is 9.59 Å². The van der Waals surface area contributed by atoms with Gasteiger partial charge in [0.05, 0.1) is 5.57 Å². The van der Waals surface area contributed by atoms with Gasteiger partial charge in [-0.05, 0) is 20.8 Å². The van der Waals surface area contributed by atoms with Crippen LogP contribution in [0.1, 0.15) is 20.8 Å². The van der Waals surface area contributed by atoms with E-state index in [2.05, 4.69) is 6.58 Å². The van der Waals surface area contributed by atoms with E-state index < -0.39 is 18.0 Å². The lowest BCUT2D eigenvalue weighted by Gasteiger charge is -2.15. The van der Waals surface area contributed by atoms with E-state index in [0.717, 1.165) is 0 Å². The zero-order chi connectivity index (χ0) is 12.2. The van der Waals surface area contributed by atoms with Gasteiger partial charge in [0, 0.05) is 11.3 Å². The van der Waals surface area contributed by atoms with Crippen LogP contribution in [0.5, 0.6) is 0 Å². The molecule has 0 aliphatic heterocycles. The van der Waals surface area contributed by atoms with Crippen molar-refractivity contribution in [2.75, 3.05) is 0 Å². The predicted octanol–water partition coefficient (Wildman–Crippen LogP) is 0.812. The quantitative estimate of drug-likeness (QED) is 0.532. The molecule has 1 atom stereocenters. The number of aliphatic carboxylic acids is 1. The molecule has 0 rings (SSSR count). The van der Waals surface area contributed by atoms with Crippen molar-refractivity contribution in [3.05, 3.63) is 23.4 Å². The number of nitrogens with two attached hydrogens (primary N) is 1. The number of hydrogen-bond donors (Lipinski definition) is 2. The van der Waals surface area contributed by atoms with E-state index in [4.69, 9.17) is 15.6 Å². The maximum Gasteiger partial charge on any atom is 0.337 e. The molecule has 0 aliphatic carbocycles. The van der Waals surface area contributed by atoms with Gasteiger partial charge >= 0.3 is 11.9 Å². The second-order valence-electron chi connectivity index (χ2n) is 3.23. The fourth-order valence-corrected chi connectivity index (χ4v) is 0.983. The molecule has 0 radical (unpaired) electrons. The lowest BCUT2D eigenvalue weighted by atomic mass is 10.1. The number of carboxylic acids is 1. The minimum atomic E-state index is -1.20. The molecule has 3 N–H and O–H groups in total. The topological polar surface area (TPSA) is 89.6 Å². The highest BCUT2D eigenvalue weighted by molar-refractivity contribution is 5.91. The van der Waals surface area contributed by atoms with Crippen molar-refractivity contribution in [1.29, 1.82) is 0 Å². The maximum atomic E-state index is 11.1. The highest BCUT2D eigenvalue weighted by Crippen LogP contribution is 2.11. The average Bonchev–Trinajstić information content (AvgIpc) is 2.01. The molecule has 84 valence electrons. The van der Waals surface area contributed by atoms with Crippen molar-refractivity contribution in [2.24, 2.45) is 5.73 Å². The summed E-state index contributed by atoms with van der Waals surface area (Å²) in [5.74, 6) is -1.83. The van der Waals surface area contributed by atoms with Gasteiger partial charge < -0.3 is 15.6 Å². The van der Waals surface area contributed by atoms with E-state index in [0.29, 0.717) is 0 Å². The van der Waals surface area contributed by atoms with Gasteiger partial charge in [-0.1, -0.05) is 6.58 Å². The molecule has 0 bridgehead atoms. The summed E-state index contributed by atoms with van der Waals surface area (Å²) in [4.78, 5) is 21.9. The highest BCUT2D eigenvalue weighted by Gasteiger charge is 2.22. The van der Waals surface area contributed by atoms with Crippen LogP contribution in [0.2, 0.25) is 0 Å². The Hall–Kier alpha value is -1.78. The van der Waals surface area contributed by atoms with Crippen LogP contribution in [0.4, 0.5) is 0 Å². The summed E-state index contributed by atoms with van der Waals surface area (Å²) in [6.07, 6.45) is -0.892. The molecule has 1 unspecified atom stereocenters. The number of esters is 1. The van der Waals surface area contributed by atoms with Gasteiger partial charge in [-0.15, -0.1) is 0 Å². The smallest absolute Gasteiger partial charge is 0.337 e. The summed E-state index contributed by atoms with van der Waals surface area (Å²) in [5.41, 5.74) is 5.58. The third-order valence-corrected chi connectivity index (χ3v) is 1.69. The molecule has 0 amide bonds. The Kier molecular flexibility index (Phi) is 4.57. The lowest BCUT2D eigenvalue weighted by molar-refractivity contribution is -0.143. The van der Waals surface area contributed by atoms with E-state index in [1.807, 2.05) is 0 Å². The van der Waals surface area contributed by atoms with Crippen LogP contribution in [-0.4, -0.2) is 23.1 Å². The number of hydrogen-bond acceptors (Lipinski definition) is 4. The number of carbonyl (C=O) groups is 2. The zero-order valence-corrected chi connectivity index (χ0v) is 9.03. The Balaban J connectivity index is 4.77. The summed E-state index contributed by atoms with van der Waals surface area (Å²) < 4.78 is 4.84. The van der Waals surface area contributed by atoms with Crippen molar-refractivity contribution in [2.45, 2.75) is 26.9 Å². The first-order valence-corrected chi connectivity index (χ1v) is 4.33. The zero-order valence-electron chi connectivity index (χ0n) is 9.03. The van der Waals surface area contributed by atoms with Crippen LogP contribution in [0.3, 0.4) is 0 Å². The molecular formula is C10H15NO4. The van der Waals surface area contributed by atoms with Crippen LogP contribution in [0, 0.1) is 0 Å². The average molecular weight is 213 g/mol. The van der Waals surface area contributed by atoms with Gasteiger partial charge in [0.2, 0.25) is 0 Å². The number of rotatable bonds is 4. The summed E-state index contributed by atoms with van der Waals surface area (Å²) >= 11 is 0. The fourth-order valence-electron chi connectivity index (χ4n) is 0.983. The Bertz CT molecular complexity index is 326. The number of ether oxygens (including phenoxy) is 1. The first-order chi connectivity index (χ1) is 6.77. The highest BCUT2D eigenvalue weighted by atomic mass is 16.5. The van der Waals surface area contributed by atoms with Crippen molar-refractivity contribution >= 4 is 11.9 Å². The second-order valence-corrected chi connectivity index (χ2v) is 3.23. The molecule has 0 fully saturated rings. The summed E-state index contributed by atoms with van der Waals surface area (Å²) in [6, 6.07) is 0. The van der Waals surface area contributed by atoms with E-state index >= 15 is 0 Å². The van der Waals surface area contributed by atoms with Gasteiger partial charge in [-0.3, -0.25) is 0 Å². The normalized spacial score (nSPS) is 13.8. The van der Waals surface area contributed by atoms with Gasteiger partial charge in [0.25, 0.3) is 0 Å². The molecule has 0 aromatic carbocycles. The number of carbonyl (C=O) groups excluding carboxylic acids is 1. The minimum absolute atomic E-state index is 0.115. The first-order valence-electron chi connectivity index (χ1n) is 4.33. The number of allylic oxidation sites excluding steroid dienone is 1. The molecular weight excluding hydrogens is 198 g/mol. The van der Waals surface area contributed by atoms with Crippen molar-refractivity contribution < 1.29 is 19.4 Å². The van der Waals surface area contributed by atoms with E-state index in [1.54, 1.807) is 0 Å². The summed E-state index contributed by atoms with van der Waals surface area (Å²) in [5, 5.41) is 8.81. The van der Waals surface area contributed by atoms with E-state index in [1.165, 1.54) is 20.8 Å². The van der Waals surface area contributed by atoms with Crippen molar-refractivity contribution in [3.8, 4) is 0 Å². The minimum Gasteiger partial charge on any atom is -0.478 e. The predicted molar refractivity (Wildman–Crippen MR) is 54.9 cm³/mol. The van der Waals surface area contributed by atoms with Crippen LogP contribution >= 0.6 is 0 Å². The lowest BCUT2D eigenvalue weighted by Crippen LogP contribution is -2.25. The fraction of sp³-hybridized carbons (Fsp3) is 0.400. The van der Waals surface area contributed by atoms with Gasteiger partial charge in [0.1, 0.15) is 6.10 Å². The summed E-state index contributed by atoms with van der Waals surface area (Å²) in [7, 11) is 0. The Morgan fingerprint density at radius 2 is 1.87 bits per heavy atom. The molecule has 0 heterocycles. The Labute approximate surface area is 88.2 Å². The Morgan fingerprint density at radius 3 is 2.13 bits per heavy atom. The van der Waals surface area contributed by atoms with Gasteiger partial charge in [-0.2, -0.15) is 0 Å². The molecule has 0 spiro atoms. The molecule has 0 saturated heterocycles. The maximum absolute atomic E-state index is 11.1. The third-order valence-electron chi connectivity index (χ3n) is 1.69. The van der Waals surface area contributed by atoms with Crippen LogP contribution in [0.25, 0.3) is 0 Å². The molecule has 0 aliphatic rings. The second kappa shape index (κ2) is 5.19. The van der Waals surface area contributed by atoms with Crippen LogP contribution in [-0.2, 0) is 14.3 Å². The molecule has 0 aromatic heterocycles. The molecule has 0 saturated carbocycles. The molecule has 15 heavy (non-hydrogen) atoms. The monoisotopic (exact) mass is 213 g/mol. The SMILES string of the molecule is C=C(C)C(=O)OC(C)C(C(=O)O)=C(C)N. The molecule has 5 heteroatoms. The van der Waals surface area contributed by atoms with Gasteiger partial charge in [-0.25, -0.2) is 9.59 Å².